The maximum absolute atomic E-state index is 13.6. The van der Waals surface area contributed by atoms with Crippen LogP contribution >= 0.6 is 0 Å². The van der Waals surface area contributed by atoms with Crippen molar-refractivity contribution < 1.29 is 13.9 Å². The maximum atomic E-state index is 13.6. The summed E-state index contributed by atoms with van der Waals surface area (Å²) in [5.74, 6) is -0.773. The van der Waals surface area contributed by atoms with Gasteiger partial charge in [-0.1, -0.05) is 32.9 Å². The Hall–Kier alpha value is -2.70. The van der Waals surface area contributed by atoms with E-state index in [1.165, 1.54) is 24.3 Å². The molecule has 0 aliphatic carbocycles. The number of aromatic amines is 1. The summed E-state index contributed by atoms with van der Waals surface area (Å²) in [5, 5.41) is 8.72. The number of para-hydroxylation sites is 1. The summed E-state index contributed by atoms with van der Waals surface area (Å²) in [4.78, 5) is 23.3. The van der Waals surface area contributed by atoms with Crippen molar-refractivity contribution in [3.8, 4) is 5.75 Å². The molecular formula is C17H20FN3O3. The number of carbonyl (C=O) groups is 1. The molecule has 0 aliphatic heterocycles. The highest BCUT2D eigenvalue weighted by atomic mass is 19.1. The van der Waals surface area contributed by atoms with E-state index in [0.29, 0.717) is 0 Å². The summed E-state index contributed by atoms with van der Waals surface area (Å²) in [7, 11) is 0. The van der Waals surface area contributed by atoms with Gasteiger partial charge >= 0.3 is 0 Å². The van der Waals surface area contributed by atoms with Crippen molar-refractivity contribution in [1.82, 2.24) is 15.5 Å². The van der Waals surface area contributed by atoms with Crippen LogP contribution in [0.5, 0.6) is 5.75 Å². The monoisotopic (exact) mass is 333 g/mol. The molecule has 24 heavy (non-hydrogen) atoms. The fourth-order valence-corrected chi connectivity index (χ4v) is 1.95. The molecule has 0 fully saturated rings. The van der Waals surface area contributed by atoms with Crippen LogP contribution in [0.25, 0.3) is 0 Å². The van der Waals surface area contributed by atoms with Crippen LogP contribution in [0.1, 0.15) is 31.3 Å². The molecule has 0 spiro atoms. The number of benzene rings is 1. The van der Waals surface area contributed by atoms with Crippen LogP contribution in [-0.2, 0) is 0 Å². The summed E-state index contributed by atoms with van der Waals surface area (Å²) < 4.78 is 19.2. The molecule has 1 aromatic heterocycles. The Bertz CT molecular complexity index is 748. The minimum Gasteiger partial charge on any atom is -0.488 e. The number of aromatic nitrogens is 2. The number of hydrogen-bond donors (Lipinski definition) is 2. The molecule has 1 aromatic carbocycles. The number of nitrogens with zero attached hydrogens (tertiary/aromatic N) is 1. The summed E-state index contributed by atoms with van der Waals surface area (Å²) in [6, 6.07) is 8.26. The highest BCUT2D eigenvalue weighted by Gasteiger charge is 2.28. The summed E-state index contributed by atoms with van der Waals surface area (Å²) in [6.45, 7) is 5.90. The molecule has 7 heteroatoms. The van der Waals surface area contributed by atoms with E-state index < -0.39 is 17.8 Å². The third-order valence-corrected chi connectivity index (χ3v) is 3.50. The standard InChI is InChI=1S/C17H20FN3O3/c1-17(2,3)14(10-24-13-7-5-4-6-11(13)18)19-16(23)12-8-9-15(22)21-20-12/h4-9,14H,10H2,1-3H3,(H,19,23)(H,21,22)/t14-/m1/s1. The van der Waals surface area contributed by atoms with Crippen LogP contribution in [0.15, 0.2) is 41.2 Å². The Kier molecular flexibility index (Phi) is 5.33. The third kappa shape index (κ3) is 4.65. The Morgan fingerprint density at radius 2 is 2.00 bits per heavy atom. The highest BCUT2D eigenvalue weighted by molar-refractivity contribution is 5.92. The first kappa shape index (κ1) is 17.7. The van der Waals surface area contributed by atoms with Gasteiger partial charge in [-0.15, -0.1) is 0 Å². The minimum atomic E-state index is -0.459. The van der Waals surface area contributed by atoms with E-state index in [1.807, 2.05) is 20.8 Å². The zero-order valence-corrected chi connectivity index (χ0v) is 13.8. The number of hydrogen-bond acceptors (Lipinski definition) is 4. The van der Waals surface area contributed by atoms with Crippen molar-refractivity contribution in [3.63, 3.8) is 0 Å². The fraction of sp³-hybridized carbons (Fsp3) is 0.353. The Labute approximate surface area is 139 Å². The van der Waals surface area contributed by atoms with E-state index in [2.05, 4.69) is 15.5 Å². The molecule has 1 heterocycles. The van der Waals surface area contributed by atoms with Crippen molar-refractivity contribution in [3.05, 3.63) is 58.3 Å². The summed E-state index contributed by atoms with van der Waals surface area (Å²) >= 11 is 0. The van der Waals surface area contributed by atoms with Gasteiger partial charge in [0.2, 0.25) is 0 Å². The van der Waals surface area contributed by atoms with Crippen molar-refractivity contribution in [2.45, 2.75) is 26.8 Å². The van der Waals surface area contributed by atoms with E-state index in [4.69, 9.17) is 4.74 Å². The first-order chi connectivity index (χ1) is 11.3. The number of nitrogens with one attached hydrogen (secondary N) is 2. The van der Waals surface area contributed by atoms with E-state index in [9.17, 15) is 14.0 Å². The lowest BCUT2D eigenvalue weighted by Crippen LogP contribution is -2.47. The van der Waals surface area contributed by atoms with Gasteiger partial charge in [0.15, 0.2) is 11.6 Å². The fourth-order valence-electron chi connectivity index (χ4n) is 1.95. The van der Waals surface area contributed by atoms with Gasteiger partial charge in [-0.05, 0) is 23.6 Å². The van der Waals surface area contributed by atoms with E-state index in [1.54, 1.807) is 12.1 Å². The lowest BCUT2D eigenvalue weighted by molar-refractivity contribution is 0.0854. The predicted octanol–water partition coefficient (Wildman–Crippen LogP) is 2.13. The number of ether oxygens (including phenoxy) is 1. The number of H-pyrrole nitrogens is 1. The molecule has 2 N–H and O–H groups in total. The molecule has 1 amide bonds. The van der Waals surface area contributed by atoms with Crippen LogP contribution in [-0.4, -0.2) is 28.8 Å². The Morgan fingerprint density at radius 1 is 1.29 bits per heavy atom. The van der Waals surface area contributed by atoms with Gasteiger partial charge in [0.1, 0.15) is 12.3 Å². The number of halogens is 1. The Morgan fingerprint density at radius 3 is 2.58 bits per heavy atom. The molecular weight excluding hydrogens is 313 g/mol. The average Bonchev–Trinajstić information content (AvgIpc) is 2.52. The van der Waals surface area contributed by atoms with Gasteiger partial charge in [-0.2, -0.15) is 5.10 Å². The SMILES string of the molecule is CC(C)(C)[C@@H](COc1ccccc1F)NC(=O)c1ccc(=O)[nH]n1. The molecule has 6 nitrogen and oxygen atoms in total. The molecule has 0 unspecified atom stereocenters. The van der Waals surface area contributed by atoms with Crippen molar-refractivity contribution >= 4 is 5.91 Å². The van der Waals surface area contributed by atoms with E-state index >= 15 is 0 Å². The summed E-state index contributed by atoms with van der Waals surface area (Å²) in [5.41, 5.74) is -0.625. The van der Waals surface area contributed by atoms with E-state index in [-0.39, 0.29) is 29.0 Å². The van der Waals surface area contributed by atoms with Crippen LogP contribution < -0.4 is 15.6 Å². The second-order valence-electron chi connectivity index (χ2n) is 6.44. The van der Waals surface area contributed by atoms with Gasteiger partial charge in [0.25, 0.3) is 11.5 Å². The van der Waals surface area contributed by atoms with Gasteiger partial charge in [-0.3, -0.25) is 9.59 Å². The number of carbonyl (C=O) groups excluding carboxylic acids is 1. The van der Waals surface area contributed by atoms with E-state index in [0.717, 1.165) is 0 Å². The predicted molar refractivity (Wildman–Crippen MR) is 87.5 cm³/mol. The molecule has 0 bridgehead atoms. The lowest BCUT2D eigenvalue weighted by atomic mass is 9.87. The maximum Gasteiger partial charge on any atom is 0.272 e. The molecule has 2 aromatic rings. The normalized spacial score (nSPS) is 12.5. The minimum absolute atomic E-state index is 0.0924. The summed E-state index contributed by atoms with van der Waals surface area (Å²) in [6.07, 6.45) is 0. The highest BCUT2D eigenvalue weighted by Crippen LogP contribution is 2.22. The quantitative estimate of drug-likeness (QED) is 0.878. The van der Waals surface area contributed by atoms with Gasteiger partial charge in [0, 0.05) is 6.07 Å². The molecule has 2 rings (SSSR count). The molecule has 0 saturated heterocycles. The van der Waals surface area contributed by atoms with Gasteiger partial charge in [-0.25, -0.2) is 9.49 Å². The first-order valence-corrected chi connectivity index (χ1v) is 7.51. The average molecular weight is 333 g/mol. The van der Waals surface area contributed by atoms with Gasteiger partial charge < -0.3 is 10.1 Å². The number of amides is 1. The molecule has 0 aliphatic rings. The molecule has 1 atom stereocenters. The number of rotatable bonds is 5. The smallest absolute Gasteiger partial charge is 0.272 e. The van der Waals surface area contributed by atoms with Crippen LogP contribution in [0.2, 0.25) is 0 Å². The zero-order valence-electron chi connectivity index (χ0n) is 13.8. The van der Waals surface area contributed by atoms with Crippen LogP contribution in [0, 0.1) is 11.2 Å². The lowest BCUT2D eigenvalue weighted by Gasteiger charge is -2.31. The topological polar surface area (TPSA) is 84.1 Å². The molecule has 0 radical (unpaired) electrons. The van der Waals surface area contributed by atoms with Crippen molar-refractivity contribution in [2.75, 3.05) is 6.61 Å². The molecule has 128 valence electrons. The Balaban J connectivity index is 2.08. The second kappa shape index (κ2) is 7.25. The van der Waals surface area contributed by atoms with Crippen molar-refractivity contribution in [1.29, 1.82) is 0 Å². The van der Waals surface area contributed by atoms with Crippen LogP contribution in [0.4, 0.5) is 4.39 Å². The third-order valence-electron chi connectivity index (χ3n) is 3.50. The van der Waals surface area contributed by atoms with Gasteiger partial charge in [0.05, 0.1) is 6.04 Å². The zero-order chi connectivity index (χ0) is 17.7. The molecule has 0 saturated carbocycles. The second-order valence-corrected chi connectivity index (χ2v) is 6.44. The van der Waals surface area contributed by atoms with Crippen molar-refractivity contribution in [2.24, 2.45) is 5.41 Å². The van der Waals surface area contributed by atoms with Crippen LogP contribution in [0.3, 0.4) is 0 Å². The largest absolute Gasteiger partial charge is 0.488 e. The first-order valence-electron chi connectivity index (χ1n) is 7.51.